The molecule has 4 nitrogen and oxygen atoms in total. The fourth-order valence-electron chi connectivity index (χ4n) is 2.28. The molecule has 0 spiro atoms. The lowest BCUT2D eigenvalue weighted by Gasteiger charge is -2.17. The van der Waals surface area contributed by atoms with Crippen molar-refractivity contribution >= 4 is 33.0 Å². The fraction of sp³-hybridized carbons (Fsp3) is 0.400. The molecule has 1 aromatic carbocycles. The van der Waals surface area contributed by atoms with Crippen LogP contribution < -0.4 is 11.1 Å². The summed E-state index contributed by atoms with van der Waals surface area (Å²) in [7, 11) is 3.97. The molecular formula is C15H21N3OS. The molecule has 5 heteroatoms. The molecule has 0 aliphatic heterocycles. The molecule has 0 fully saturated rings. The van der Waals surface area contributed by atoms with E-state index in [0.717, 1.165) is 22.2 Å². The number of carbonyl (C=O) groups is 1. The molecule has 0 bridgehead atoms. The third-order valence-electron chi connectivity index (χ3n) is 3.10. The molecule has 1 unspecified atom stereocenters. The molecule has 0 aliphatic carbocycles. The lowest BCUT2D eigenvalue weighted by atomic mass is 10.1. The van der Waals surface area contributed by atoms with Crippen molar-refractivity contribution in [2.24, 2.45) is 0 Å². The number of anilines is 1. The van der Waals surface area contributed by atoms with Gasteiger partial charge in [0.05, 0.1) is 5.69 Å². The van der Waals surface area contributed by atoms with Crippen LogP contribution in [0.25, 0.3) is 10.1 Å². The van der Waals surface area contributed by atoms with Crippen molar-refractivity contribution in [3.05, 3.63) is 28.6 Å². The number of thiophene rings is 1. The molecule has 2 rings (SSSR count). The molecule has 108 valence electrons. The summed E-state index contributed by atoms with van der Waals surface area (Å²) in [6, 6.07) is 6.17. The number of benzene rings is 1. The molecule has 1 heterocycles. The Labute approximate surface area is 123 Å². The Morgan fingerprint density at radius 3 is 2.80 bits per heavy atom. The van der Waals surface area contributed by atoms with Crippen LogP contribution in [0.3, 0.4) is 0 Å². The third kappa shape index (κ3) is 3.11. The van der Waals surface area contributed by atoms with Crippen molar-refractivity contribution in [1.82, 2.24) is 10.2 Å². The number of hydrogen-bond acceptors (Lipinski definition) is 4. The molecule has 1 aromatic heterocycles. The second-order valence-corrected chi connectivity index (χ2v) is 6.53. The van der Waals surface area contributed by atoms with Gasteiger partial charge in [0.25, 0.3) is 5.91 Å². The van der Waals surface area contributed by atoms with Crippen molar-refractivity contribution in [2.45, 2.75) is 19.9 Å². The zero-order valence-electron chi connectivity index (χ0n) is 12.4. The Hall–Kier alpha value is -1.59. The molecule has 1 atom stereocenters. The summed E-state index contributed by atoms with van der Waals surface area (Å²) in [6.07, 6.45) is 0. The third-order valence-corrected chi connectivity index (χ3v) is 4.29. The van der Waals surface area contributed by atoms with Crippen LogP contribution in [0.4, 0.5) is 5.69 Å². The van der Waals surface area contributed by atoms with Crippen LogP contribution in [0.1, 0.15) is 22.2 Å². The van der Waals surface area contributed by atoms with Crippen molar-refractivity contribution in [3.63, 3.8) is 0 Å². The average Bonchev–Trinajstić information content (AvgIpc) is 2.65. The van der Waals surface area contributed by atoms with Crippen LogP contribution in [-0.2, 0) is 0 Å². The first-order valence-electron chi connectivity index (χ1n) is 6.62. The van der Waals surface area contributed by atoms with Crippen LogP contribution in [0, 0.1) is 6.92 Å². The fourth-order valence-corrected chi connectivity index (χ4v) is 3.29. The summed E-state index contributed by atoms with van der Waals surface area (Å²) in [5.74, 6) is -0.0873. The number of nitrogens with zero attached hydrogens (tertiary/aromatic N) is 1. The number of nitrogen functional groups attached to an aromatic ring is 1. The summed E-state index contributed by atoms with van der Waals surface area (Å²) in [5.41, 5.74) is 7.86. The van der Waals surface area contributed by atoms with E-state index < -0.39 is 0 Å². The number of nitrogens with two attached hydrogens (primary N) is 1. The lowest BCUT2D eigenvalue weighted by molar-refractivity contribution is 0.0939. The van der Waals surface area contributed by atoms with Crippen LogP contribution in [0.2, 0.25) is 0 Å². The van der Waals surface area contributed by atoms with E-state index in [1.54, 1.807) is 0 Å². The average molecular weight is 291 g/mol. The topological polar surface area (TPSA) is 58.4 Å². The van der Waals surface area contributed by atoms with Gasteiger partial charge in [-0.25, -0.2) is 0 Å². The normalized spacial score (nSPS) is 12.8. The van der Waals surface area contributed by atoms with Crippen molar-refractivity contribution < 1.29 is 4.79 Å². The highest BCUT2D eigenvalue weighted by atomic mass is 32.1. The number of amides is 1. The molecule has 0 saturated carbocycles. The second-order valence-electron chi connectivity index (χ2n) is 5.48. The second kappa shape index (κ2) is 5.81. The van der Waals surface area contributed by atoms with Crippen molar-refractivity contribution in [3.8, 4) is 0 Å². The number of aryl methyl sites for hydroxylation is 1. The smallest absolute Gasteiger partial charge is 0.263 e. The summed E-state index contributed by atoms with van der Waals surface area (Å²) in [5, 5.41) is 3.97. The number of hydrogen-bond donors (Lipinski definition) is 2. The minimum absolute atomic E-state index is 0.0869. The molecular weight excluding hydrogens is 270 g/mol. The first-order valence-corrected chi connectivity index (χ1v) is 7.44. The Balaban J connectivity index is 2.24. The summed E-state index contributed by atoms with van der Waals surface area (Å²) < 4.78 is 1.05. The van der Waals surface area contributed by atoms with Gasteiger partial charge in [-0.05, 0) is 40.1 Å². The predicted octanol–water partition coefficient (Wildman–Crippen LogP) is 2.47. The van der Waals surface area contributed by atoms with E-state index in [2.05, 4.69) is 5.32 Å². The maximum atomic E-state index is 12.3. The summed E-state index contributed by atoms with van der Waals surface area (Å²) in [4.78, 5) is 15.0. The zero-order valence-corrected chi connectivity index (χ0v) is 13.2. The highest BCUT2D eigenvalue weighted by Gasteiger charge is 2.18. The van der Waals surface area contributed by atoms with E-state index in [4.69, 9.17) is 5.73 Å². The van der Waals surface area contributed by atoms with E-state index in [9.17, 15) is 4.79 Å². The van der Waals surface area contributed by atoms with Crippen LogP contribution >= 0.6 is 11.3 Å². The number of nitrogens with one attached hydrogen (secondary N) is 1. The quantitative estimate of drug-likeness (QED) is 0.910. The van der Waals surface area contributed by atoms with Gasteiger partial charge in [-0.2, -0.15) is 0 Å². The number of carbonyl (C=O) groups excluding carboxylic acids is 1. The maximum absolute atomic E-state index is 12.3. The Morgan fingerprint density at radius 1 is 1.45 bits per heavy atom. The van der Waals surface area contributed by atoms with Crippen LogP contribution in [0.5, 0.6) is 0 Å². The maximum Gasteiger partial charge on any atom is 0.263 e. The van der Waals surface area contributed by atoms with E-state index in [-0.39, 0.29) is 11.9 Å². The minimum atomic E-state index is -0.0873. The number of rotatable bonds is 4. The summed E-state index contributed by atoms with van der Waals surface area (Å²) >= 11 is 1.45. The number of fused-ring (bicyclic) bond motifs is 1. The van der Waals surface area contributed by atoms with Gasteiger partial charge in [0.2, 0.25) is 0 Å². The molecule has 20 heavy (non-hydrogen) atoms. The van der Waals surface area contributed by atoms with Crippen LogP contribution in [0.15, 0.2) is 18.2 Å². The van der Waals surface area contributed by atoms with E-state index in [0.29, 0.717) is 10.6 Å². The van der Waals surface area contributed by atoms with Gasteiger partial charge in [0.1, 0.15) is 4.88 Å². The van der Waals surface area contributed by atoms with Gasteiger partial charge in [0.15, 0.2) is 0 Å². The Bertz CT molecular complexity index is 633. The SMILES string of the molecule is Cc1ccc2sc(C(=O)NC(C)CN(C)C)c(N)c2c1. The van der Waals surface area contributed by atoms with Gasteiger partial charge >= 0.3 is 0 Å². The molecule has 0 saturated heterocycles. The monoisotopic (exact) mass is 291 g/mol. The first-order chi connectivity index (χ1) is 9.38. The van der Waals surface area contributed by atoms with Gasteiger partial charge in [-0.3, -0.25) is 4.79 Å². The van der Waals surface area contributed by atoms with Gasteiger partial charge < -0.3 is 16.0 Å². The van der Waals surface area contributed by atoms with Crippen molar-refractivity contribution in [1.29, 1.82) is 0 Å². The Kier molecular flexibility index (Phi) is 4.30. The van der Waals surface area contributed by atoms with Crippen molar-refractivity contribution in [2.75, 3.05) is 26.4 Å². The minimum Gasteiger partial charge on any atom is -0.397 e. The highest BCUT2D eigenvalue weighted by molar-refractivity contribution is 7.21. The van der Waals surface area contributed by atoms with E-state index in [1.165, 1.54) is 11.3 Å². The van der Waals surface area contributed by atoms with Gasteiger partial charge in [-0.15, -0.1) is 11.3 Å². The van der Waals surface area contributed by atoms with Crippen LogP contribution in [-0.4, -0.2) is 37.5 Å². The molecule has 2 aromatic rings. The first kappa shape index (κ1) is 14.8. The molecule has 3 N–H and O–H groups in total. The zero-order chi connectivity index (χ0) is 14.9. The molecule has 1 amide bonds. The van der Waals surface area contributed by atoms with Gasteiger partial charge in [0, 0.05) is 22.7 Å². The van der Waals surface area contributed by atoms with Gasteiger partial charge in [-0.1, -0.05) is 11.6 Å². The molecule has 0 radical (unpaired) electrons. The Morgan fingerprint density at radius 2 is 2.15 bits per heavy atom. The largest absolute Gasteiger partial charge is 0.397 e. The molecule has 0 aliphatic rings. The lowest BCUT2D eigenvalue weighted by Crippen LogP contribution is -2.39. The standard InChI is InChI=1S/C15H21N3OS/c1-9-5-6-12-11(7-9)13(16)14(20-12)15(19)17-10(2)8-18(3)4/h5-7,10H,8,16H2,1-4H3,(H,17,19). The van der Waals surface area contributed by atoms with E-state index >= 15 is 0 Å². The number of likely N-dealkylation sites (N-methyl/N-ethyl adjacent to an activating group) is 1. The predicted molar refractivity (Wildman–Crippen MR) is 86.5 cm³/mol. The van der Waals surface area contributed by atoms with E-state index in [1.807, 2.05) is 51.0 Å². The highest BCUT2D eigenvalue weighted by Crippen LogP contribution is 2.34. The summed E-state index contributed by atoms with van der Waals surface area (Å²) in [6.45, 7) is 4.82.